The number of hydrogen-bond acceptors (Lipinski definition) is 4. The van der Waals surface area contributed by atoms with Gasteiger partial charge in [0.15, 0.2) is 5.82 Å². The van der Waals surface area contributed by atoms with Crippen LogP contribution in [0, 0.1) is 6.92 Å². The SMILES string of the molecule is Cc1noc(CCC(=O)N2CCCC(c3ccccc3)CC2)n1. The predicted molar refractivity (Wildman–Crippen MR) is 87.0 cm³/mol. The first-order valence-electron chi connectivity index (χ1n) is 8.34. The van der Waals surface area contributed by atoms with Gasteiger partial charge in [-0.15, -0.1) is 0 Å². The molecule has 1 unspecified atom stereocenters. The summed E-state index contributed by atoms with van der Waals surface area (Å²) in [6.45, 7) is 3.47. The molecular formula is C18H23N3O2. The second kappa shape index (κ2) is 7.40. The van der Waals surface area contributed by atoms with Gasteiger partial charge in [-0.3, -0.25) is 4.79 Å². The van der Waals surface area contributed by atoms with Gasteiger partial charge in [-0.2, -0.15) is 4.98 Å². The number of likely N-dealkylation sites (tertiary alicyclic amines) is 1. The van der Waals surface area contributed by atoms with Crippen LogP contribution in [0.25, 0.3) is 0 Å². The number of hydrogen-bond donors (Lipinski definition) is 0. The van der Waals surface area contributed by atoms with Crippen LogP contribution in [0.5, 0.6) is 0 Å². The van der Waals surface area contributed by atoms with Gasteiger partial charge in [0.05, 0.1) is 0 Å². The molecule has 1 aliphatic heterocycles. The fraction of sp³-hybridized carbons (Fsp3) is 0.500. The lowest BCUT2D eigenvalue weighted by molar-refractivity contribution is -0.131. The molecule has 2 aromatic rings. The van der Waals surface area contributed by atoms with Gasteiger partial charge in [0.2, 0.25) is 11.8 Å². The fourth-order valence-electron chi connectivity index (χ4n) is 3.22. The van der Waals surface area contributed by atoms with Gasteiger partial charge in [0.1, 0.15) is 0 Å². The van der Waals surface area contributed by atoms with E-state index in [1.54, 1.807) is 6.92 Å². The summed E-state index contributed by atoms with van der Waals surface area (Å²) in [6, 6.07) is 10.6. The summed E-state index contributed by atoms with van der Waals surface area (Å²) >= 11 is 0. The van der Waals surface area contributed by atoms with Crippen LogP contribution >= 0.6 is 0 Å². The second-order valence-electron chi connectivity index (χ2n) is 6.15. The zero-order valence-corrected chi connectivity index (χ0v) is 13.6. The number of nitrogens with zero attached hydrogens (tertiary/aromatic N) is 3. The first kappa shape index (κ1) is 15.7. The number of aromatic nitrogens is 2. The third-order valence-corrected chi connectivity index (χ3v) is 4.47. The predicted octanol–water partition coefficient (Wildman–Crippen LogP) is 3.11. The number of benzene rings is 1. The molecule has 0 aliphatic carbocycles. The van der Waals surface area contributed by atoms with Crippen LogP contribution < -0.4 is 0 Å². The van der Waals surface area contributed by atoms with Gasteiger partial charge in [-0.05, 0) is 37.7 Å². The van der Waals surface area contributed by atoms with Crippen LogP contribution in [0.15, 0.2) is 34.9 Å². The summed E-state index contributed by atoms with van der Waals surface area (Å²) in [4.78, 5) is 18.6. The number of rotatable bonds is 4. The highest BCUT2D eigenvalue weighted by Gasteiger charge is 2.21. The number of aryl methyl sites for hydroxylation is 2. The lowest BCUT2D eigenvalue weighted by Crippen LogP contribution is -2.32. The average Bonchev–Trinajstić information content (AvgIpc) is 2.85. The average molecular weight is 313 g/mol. The molecule has 1 fully saturated rings. The Balaban J connectivity index is 1.52. The molecule has 0 spiro atoms. The van der Waals surface area contributed by atoms with E-state index in [1.165, 1.54) is 5.56 Å². The molecule has 0 radical (unpaired) electrons. The maximum atomic E-state index is 12.4. The first-order chi connectivity index (χ1) is 11.2. The Labute approximate surface area is 136 Å². The van der Waals surface area contributed by atoms with Crippen LogP contribution in [0.3, 0.4) is 0 Å². The molecule has 5 heteroatoms. The molecule has 5 nitrogen and oxygen atoms in total. The Bertz CT molecular complexity index is 639. The van der Waals surface area contributed by atoms with Gasteiger partial charge in [-0.1, -0.05) is 35.5 Å². The Morgan fingerprint density at radius 3 is 2.83 bits per heavy atom. The van der Waals surface area contributed by atoms with E-state index < -0.39 is 0 Å². The Morgan fingerprint density at radius 1 is 1.26 bits per heavy atom. The molecule has 1 atom stereocenters. The van der Waals surface area contributed by atoms with Crippen LogP contribution in [0.2, 0.25) is 0 Å². The highest BCUT2D eigenvalue weighted by Crippen LogP contribution is 2.28. The molecule has 122 valence electrons. The lowest BCUT2D eigenvalue weighted by Gasteiger charge is -2.20. The monoisotopic (exact) mass is 313 g/mol. The molecule has 1 saturated heterocycles. The van der Waals surface area contributed by atoms with Crippen LogP contribution in [-0.4, -0.2) is 34.0 Å². The topological polar surface area (TPSA) is 59.2 Å². The van der Waals surface area contributed by atoms with Gasteiger partial charge >= 0.3 is 0 Å². The van der Waals surface area contributed by atoms with Crippen molar-refractivity contribution in [3.63, 3.8) is 0 Å². The van der Waals surface area contributed by atoms with Crippen molar-refractivity contribution in [2.75, 3.05) is 13.1 Å². The molecule has 1 amide bonds. The summed E-state index contributed by atoms with van der Waals surface area (Å²) in [5, 5.41) is 3.75. The summed E-state index contributed by atoms with van der Waals surface area (Å²) in [7, 11) is 0. The molecule has 0 saturated carbocycles. The van der Waals surface area contributed by atoms with Gasteiger partial charge < -0.3 is 9.42 Å². The van der Waals surface area contributed by atoms with E-state index in [4.69, 9.17) is 4.52 Å². The van der Waals surface area contributed by atoms with E-state index in [0.29, 0.717) is 30.5 Å². The standard InChI is InChI=1S/C18H23N3O2/c1-14-19-17(23-20-14)9-10-18(22)21-12-5-8-16(11-13-21)15-6-3-2-4-7-15/h2-4,6-7,16H,5,8-13H2,1H3. The normalized spacial score (nSPS) is 18.7. The van der Waals surface area contributed by atoms with Crippen LogP contribution in [0.4, 0.5) is 0 Å². The molecule has 1 aliphatic rings. The molecule has 2 heterocycles. The quantitative estimate of drug-likeness (QED) is 0.870. The van der Waals surface area contributed by atoms with Gasteiger partial charge in [-0.25, -0.2) is 0 Å². The van der Waals surface area contributed by atoms with Crippen molar-refractivity contribution in [3.8, 4) is 0 Å². The summed E-state index contributed by atoms with van der Waals surface area (Å²) in [5.74, 6) is 1.92. The largest absolute Gasteiger partial charge is 0.343 e. The zero-order valence-electron chi connectivity index (χ0n) is 13.6. The van der Waals surface area contributed by atoms with Gasteiger partial charge in [0.25, 0.3) is 0 Å². The van der Waals surface area contributed by atoms with Crippen molar-refractivity contribution in [2.24, 2.45) is 0 Å². The minimum atomic E-state index is 0.189. The Morgan fingerprint density at radius 2 is 2.09 bits per heavy atom. The van der Waals surface area contributed by atoms with Crippen molar-refractivity contribution >= 4 is 5.91 Å². The van der Waals surface area contributed by atoms with E-state index >= 15 is 0 Å². The summed E-state index contributed by atoms with van der Waals surface area (Å²) < 4.78 is 5.07. The van der Waals surface area contributed by atoms with E-state index in [-0.39, 0.29) is 5.91 Å². The highest BCUT2D eigenvalue weighted by molar-refractivity contribution is 5.76. The van der Waals surface area contributed by atoms with Crippen molar-refractivity contribution in [1.29, 1.82) is 0 Å². The maximum absolute atomic E-state index is 12.4. The zero-order chi connectivity index (χ0) is 16.1. The minimum absolute atomic E-state index is 0.189. The second-order valence-corrected chi connectivity index (χ2v) is 6.15. The highest BCUT2D eigenvalue weighted by atomic mass is 16.5. The number of carbonyl (C=O) groups excluding carboxylic acids is 1. The molecule has 3 rings (SSSR count). The van der Waals surface area contributed by atoms with Crippen LogP contribution in [0.1, 0.15) is 48.9 Å². The van der Waals surface area contributed by atoms with E-state index in [2.05, 4.69) is 40.5 Å². The van der Waals surface area contributed by atoms with Crippen molar-refractivity contribution < 1.29 is 9.32 Å². The summed E-state index contributed by atoms with van der Waals surface area (Å²) in [6.07, 6.45) is 4.22. The van der Waals surface area contributed by atoms with Crippen molar-refractivity contribution in [1.82, 2.24) is 15.0 Å². The molecule has 0 N–H and O–H groups in total. The van der Waals surface area contributed by atoms with E-state index in [9.17, 15) is 4.79 Å². The Hall–Kier alpha value is -2.17. The van der Waals surface area contributed by atoms with Gasteiger partial charge in [0, 0.05) is 25.9 Å². The number of carbonyl (C=O) groups is 1. The smallest absolute Gasteiger partial charge is 0.227 e. The third-order valence-electron chi connectivity index (χ3n) is 4.47. The maximum Gasteiger partial charge on any atom is 0.227 e. The number of amides is 1. The third kappa shape index (κ3) is 4.18. The minimum Gasteiger partial charge on any atom is -0.343 e. The molecule has 1 aromatic carbocycles. The van der Waals surface area contributed by atoms with Crippen LogP contribution in [-0.2, 0) is 11.2 Å². The van der Waals surface area contributed by atoms with Crippen molar-refractivity contribution in [2.45, 2.75) is 44.9 Å². The molecule has 1 aromatic heterocycles. The van der Waals surface area contributed by atoms with Crippen molar-refractivity contribution in [3.05, 3.63) is 47.6 Å². The molecule has 0 bridgehead atoms. The first-order valence-corrected chi connectivity index (χ1v) is 8.34. The molecular weight excluding hydrogens is 290 g/mol. The summed E-state index contributed by atoms with van der Waals surface area (Å²) in [5.41, 5.74) is 1.39. The fourth-order valence-corrected chi connectivity index (χ4v) is 3.22. The lowest BCUT2D eigenvalue weighted by atomic mass is 9.92. The Kier molecular flexibility index (Phi) is 5.05. The molecule has 23 heavy (non-hydrogen) atoms. The van der Waals surface area contributed by atoms with E-state index in [1.807, 2.05) is 4.90 Å². The van der Waals surface area contributed by atoms with E-state index in [0.717, 1.165) is 32.4 Å².